The van der Waals surface area contributed by atoms with Gasteiger partial charge in [-0.3, -0.25) is 0 Å². The number of nitrogens with zero attached hydrogens (tertiary/aromatic N) is 3. The number of thiazole rings is 1. The van der Waals surface area contributed by atoms with E-state index in [2.05, 4.69) is 34.2 Å². The van der Waals surface area contributed by atoms with Crippen LogP contribution in [-0.2, 0) is 0 Å². The van der Waals surface area contributed by atoms with E-state index < -0.39 is 0 Å². The molecule has 0 aliphatic rings. The van der Waals surface area contributed by atoms with Crippen LogP contribution in [-0.4, -0.2) is 15.0 Å². The van der Waals surface area contributed by atoms with Crippen molar-refractivity contribution in [2.24, 2.45) is 0 Å². The molecule has 15 heavy (non-hydrogen) atoms. The van der Waals surface area contributed by atoms with Crippen LogP contribution in [0.5, 0.6) is 0 Å². The third kappa shape index (κ3) is 2.21. The normalized spacial score (nSPS) is 10.9. The molecule has 0 aliphatic carbocycles. The second-order valence-electron chi connectivity index (χ2n) is 3.72. The summed E-state index contributed by atoms with van der Waals surface area (Å²) in [6, 6.07) is 1.90. The van der Waals surface area contributed by atoms with Gasteiger partial charge in [0.05, 0.1) is 5.69 Å². The lowest BCUT2D eigenvalue weighted by molar-refractivity contribution is 0.833. The molecule has 2 rings (SSSR count). The zero-order valence-electron chi connectivity index (χ0n) is 9.06. The highest BCUT2D eigenvalue weighted by atomic mass is 32.1. The second kappa shape index (κ2) is 4.06. The number of rotatable bonds is 2. The van der Waals surface area contributed by atoms with Crippen molar-refractivity contribution in [1.82, 2.24) is 15.0 Å². The fraction of sp³-hybridized carbons (Fsp3) is 0.364. The third-order valence-electron chi connectivity index (χ3n) is 2.11. The standard InChI is InChI=1S/C11H13N3S/c1-7(2)10-6-15-11(14-10)9-4-5-12-8(3)13-9/h4-7H,1-3H3. The largest absolute Gasteiger partial charge is 0.242 e. The first-order valence-electron chi connectivity index (χ1n) is 4.92. The van der Waals surface area contributed by atoms with Crippen molar-refractivity contribution < 1.29 is 0 Å². The van der Waals surface area contributed by atoms with Crippen molar-refractivity contribution in [3.05, 3.63) is 29.2 Å². The lowest BCUT2D eigenvalue weighted by Gasteiger charge is -1.98. The summed E-state index contributed by atoms with van der Waals surface area (Å²) < 4.78 is 0. The molecular formula is C11H13N3S. The van der Waals surface area contributed by atoms with E-state index in [1.165, 1.54) is 0 Å². The van der Waals surface area contributed by atoms with Gasteiger partial charge in [-0.25, -0.2) is 15.0 Å². The summed E-state index contributed by atoms with van der Waals surface area (Å²) in [4.78, 5) is 13.0. The van der Waals surface area contributed by atoms with Crippen LogP contribution in [0, 0.1) is 6.92 Å². The molecule has 0 aliphatic heterocycles. The molecule has 4 heteroatoms. The fourth-order valence-corrected chi connectivity index (χ4v) is 2.19. The minimum absolute atomic E-state index is 0.470. The zero-order valence-corrected chi connectivity index (χ0v) is 9.88. The zero-order chi connectivity index (χ0) is 10.8. The average Bonchev–Trinajstić information content (AvgIpc) is 2.66. The highest BCUT2D eigenvalue weighted by Gasteiger charge is 2.08. The third-order valence-corrected chi connectivity index (χ3v) is 2.99. The Morgan fingerprint density at radius 3 is 2.67 bits per heavy atom. The summed E-state index contributed by atoms with van der Waals surface area (Å²) in [6.07, 6.45) is 1.77. The van der Waals surface area contributed by atoms with Gasteiger partial charge in [-0.15, -0.1) is 11.3 Å². The second-order valence-corrected chi connectivity index (χ2v) is 4.58. The summed E-state index contributed by atoms with van der Waals surface area (Å²) in [5.74, 6) is 1.26. The molecule has 0 unspecified atom stereocenters. The molecule has 2 heterocycles. The topological polar surface area (TPSA) is 38.7 Å². The highest BCUT2D eigenvalue weighted by Crippen LogP contribution is 2.24. The summed E-state index contributed by atoms with van der Waals surface area (Å²) in [7, 11) is 0. The molecule has 0 spiro atoms. The lowest BCUT2D eigenvalue weighted by Crippen LogP contribution is -1.91. The van der Waals surface area contributed by atoms with Crippen LogP contribution in [0.2, 0.25) is 0 Å². The van der Waals surface area contributed by atoms with Crippen molar-refractivity contribution in [3.8, 4) is 10.7 Å². The molecular weight excluding hydrogens is 206 g/mol. The van der Waals surface area contributed by atoms with E-state index >= 15 is 0 Å². The summed E-state index contributed by atoms with van der Waals surface area (Å²) in [5, 5.41) is 3.07. The van der Waals surface area contributed by atoms with E-state index in [9.17, 15) is 0 Å². The van der Waals surface area contributed by atoms with Gasteiger partial charge in [-0.05, 0) is 18.9 Å². The Bertz CT molecular complexity index is 462. The van der Waals surface area contributed by atoms with Crippen molar-refractivity contribution in [2.75, 3.05) is 0 Å². The molecule has 0 aromatic carbocycles. The maximum absolute atomic E-state index is 4.55. The molecule has 0 amide bonds. The highest BCUT2D eigenvalue weighted by molar-refractivity contribution is 7.13. The van der Waals surface area contributed by atoms with Gasteiger partial charge in [0.25, 0.3) is 0 Å². The first kappa shape index (κ1) is 10.2. The summed E-state index contributed by atoms with van der Waals surface area (Å²) in [5.41, 5.74) is 2.05. The van der Waals surface area contributed by atoms with E-state index in [-0.39, 0.29) is 0 Å². The molecule has 78 valence electrons. The minimum Gasteiger partial charge on any atom is -0.242 e. The Hall–Kier alpha value is -1.29. The lowest BCUT2D eigenvalue weighted by atomic mass is 10.2. The van der Waals surface area contributed by atoms with Gasteiger partial charge in [0.1, 0.15) is 16.5 Å². The van der Waals surface area contributed by atoms with Crippen molar-refractivity contribution in [3.63, 3.8) is 0 Å². The van der Waals surface area contributed by atoms with Crippen LogP contribution in [0.3, 0.4) is 0 Å². The van der Waals surface area contributed by atoms with Gasteiger partial charge in [0, 0.05) is 11.6 Å². The Balaban J connectivity index is 2.37. The number of hydrogen-bond donors (Lipinski definition) is 0. The Morgan fingerprint density at radius 1 is 1.27 bits per heavy atom. The van der Waals surface area contributed by atoms with Gasteiger partial charge in [0.2, 0.25) is 0 Å². The van der Waals surface area contributed by atoms with E-state index in [1.54, 1.807) is 17.5 Å². The van der Waals surface area contributed by atoms with Crippen LogP contribution in [0.1, 0.15) is 31.3 Å². The molecule has 0 fully saturated rings. The van der Waals surface area contributed by atoms with E-state index in [0.29, 0.717) is 5.92 Å². The first-order chi connectivity index (χ1) is 7.16. The maximum Gasteiger partial charge on any atom is 0.142 e. The number of hydrogen-bond acceptors (Lipinski definition) is 4. The van der Waals surface area contributed by atoms with Crippen molar-refractivity contribution in [2.45, 2.75) is 26.7 Å². The van der Waals surface area contributed by atoms with Crippen LogP contribution >= 0.6 is 11.3 Å². The Labute approximate surface area is 93.2 Å². The van der Waals surface area contributed by atoms with E-state index in [0.717, 1.165) is 22.2 Å². The average molecular weight is 219 g/mol. The minimum atomic E-state index is 0.470. The van der Waals surface area contributed by atoms with Gasteiger partial charge in [-0.1, -0.05) is 13.8 Å². The Kier molecular flexibility index (Phi) is 2.77. The predicted molar refractivity (Wildman–Crippen MR) is 62.0 cm³/mol. The van der Waals surface area contributed by atoms with Crippen LogP contribution in [0.25, 0.3) is 10.7 Å². The Morgan fingerprint density at radius 2 is 2.07 bits per heavy atom. The van der Waals surface area contributed by atoms with E-state index in [1.807, 2.05) is 13.0 Å². The molecule has 2 aromatic rings. The molecule has 0 saturated heterocycles. The first-order valence-corrected chi connectivity index (χ1v) is 5.80. The molecule has 0 saturated carbocycles. The fourth-order valence-electron chi connectivity index (χ4n) is 1.24. The molecule has 3 nitrogen and oxygen atoms in total. The molecule has 0 N–H and O–H groups in total. The molecule has 0 bridgehead atoms. The molecule has 0 radical (unpaired) electrons. The van der Waals surface area contributed by atoms with Crippen LogP contribution in [0.4, 0.5) is 0 Å². The predicted octanol–water partition coefficient (Wildman–Crippen LogP) is 3.03. The van der Waals surface area contributed by atoms with Crippen LogP contribution < -0.4 is 0 Å². The SMILES string of the molecule is Cc1nccc(-c2nc(C(C)C)cs2)n1. The van der Waals surface area contributed by atoms with Gasteiger partial charge < -0.3 is 0 Å². The maximum atomic E-state index is 4.55. The monoisotopic (exact) mass is 219 g/mol. The van der Waals surface area contributed by atoms with Crippen LogP contribution in [0.15, 0.2) is 17.6 Å². The van der Waals surface area contributed by atoms with Crippen molar-refractivity contribution in [1.29, 1.82) is 0 Å². The number of aromatic nitrogens is 3. The smallest absolute Gasteiger partial charge is 0.142 e. The summed E-state index contributed by atoms with van der Waals surface area (Å²) in [6.45, 7) is 6.18. The van der Waals surface area contributed by atoms with Crippen molar-refractivity contribution >= 4 is 11.3 Å². The summed E-state index contributed by atoms with van der Waals surface area (Å²) >= 11 is 1.64. The molecule has 0 atom stereocenters. The van der Waals surface area contributed by atoms with Gasteiger partial charge in [-0.2, -0.15) is 0 Å². The van der Waals surface area contributed by atoms with Gasteiger partial charge in [0.15, 0.2) is 0 Å². The quantitative estimate of drug-likeness (QED) is 0.779. The molecule has 2 aromatic heterocycles. The van der Waals surface area contributed by atoms with E-state index in [4.69, 9.17) is 0 Å². The number of aryl methyl sites for hydroxylation is 1. The van der Waals surface area contributed by atoms with Gasteiger partial charge >= 0.3 is 0 Å².